The molecule has 0 unspecified atom stereocenters. The molecule has 1 aromatic rings. The monoisotopic (exact) mass is 288 g/mol. The zero-order valence-corrected chi connectivity index (χ0v) is 13.1. The Bertz CT molecular complexity index is 487. The van der Waals surface area contributed by atoms with Crippen molar-refractivity contribution in [1.29, 1.82) is 0 Å². The molecule has 0 saturated carbocycles. The Morgan fingerprint density at radius 2 is 1.71 bits per heavy atom. The third-order valence-corrected chi connectivity index (χ3v) is 5.01. The number of fused-ring (bicyclic) bond motifs is 3. The quantitative estimate of drug-likeness (QED) is 0.858. The summed E-state index contributed by atoms with van der Waals surface area (Å²) in [6.45, 7) is 11.8. The molecule has 3 saturated heterocycles. The van der Waals surface area contributed by atoms with Crippen molar-refractivity contribution < 1.29 is 9.28 Å². The zero-order valence-electron chi connectivity index (χ0n) is 13.1. The number of nitrogens with one attached hydrogen (secondary N) is 1. The van der Waals surface area contributed by atoms with E-state index < -0.39 is 0 Å². The van der Waals surface area contributed by atoms with Gasteiger partial charge in [-0.05, 0) is 23.6 Å². The second kappa shape index (κ2) is 5.78. The molecular formula is C17H26N3O+. The van der Waals surface area contributed by atoms with Crippen molar-refractivity contribution in [3.05, 3.63) is 29.8 Å². The Kier molecular flexibility index (Phi) is 4.00. The van der Waals surface area contributed by atoms with Crippen LogP contribution in [0.2, 0.25) is 0 Å². The average molecular weight is 288 g/mol. The van der Waals surface area contributed by atoms with E-state index >= 15 is 0 Å². The van der Waals surface area contributed by atoms with Crippen molar-refractivity contribution in [1.82, 2.24) is 4.90 Å². The third-order valence-electron chi connectivity index (χ3n) is 5.01. The molecule has 4 heteroatoms. The van der Waals surface area contributed by atoms with E-state index in [-0.39, 0.29) is 5.91 Å². The van der Waals surface area contributed by atoms with Crippen LogP contribution in [0.4, 0.5) is 5.69 Å². The second-order valence-electron chi connectivity index (χ2n) is 6.84. The fraction of sp³-hybridized carbons (Fsp3) is 0.588. The third kappa shape index (κ3) is 3.27. The molecular weight excluding hydrogens is 262 g/mol. The highest BCUT2D eigenvalue weighted by molar-refractivity contribution is 5.91. The van der Waals surface area contributed by atoms with Crippen LogP contribution in [-0.4, -0.2) is 61.1 Å². The summed E-state index contributed by atoms with van der Waals surface area (Å²) in [4.78, 5) is 14.8. The van der Waals surface area contributed by atoms with Gasteiger partial charge in [-0.3, -0.25) is 9.69 Å². The van der Waals surface area contributed by atoms with Crippen molar-refractivity contribution in [2.24, 2.45) is 0 Å². The van der Waals surface area contributed by atoms with Gasteiger partial charge in [0, 0.05) is 25.3 Å². The summed E-state index contributed by atoms with van der Waals surface area (Å²) in [6.07, 6.45) is 0. The fourth-order valence-corrected chi connectivity index (χ4v) is 3.43. The predicted molar refractivity (Wildman–Crippen MR) is 85.3 cm³/mol. The van der Waals surface area contributed by atoms with Gasteiger partial charge in [-0.2, -0.15) is 0 Å². The van der Waals surface area contributed by atoms with Gasteiger partial charge in [-0.1, -0.05) is 26.0 Å². The van der Waals surface area contributed by atoms with E-state index in [1.165, 1.54) is 5.56 Å². The first-order valence-corrected chi connectivity index (χ1v) is 8.04. The average Bonchev–Trinajstić information content (AvgIpc) is 2.49. The highest BCUT2D eigenvalue weighted by atomic mass is 16.2. The maximum atomic E-state index is 12.3. The molecule has 3 heterocycles. The minimum Gasteiger partial charge on any atom is -0.321 e. The lowest BCUT2D eigenvalue weighted by Crippen LogP contribution is -2.68. The van der Waals surface area contributed by atoms with Crippen LogP contribution in [0.15, 0.2) is 24.3 Å². The van der Waals surface area contributed by atoms with Gasteiger partial charge in [0.25, 0.3) is 5.91 Å². The van der Waals surface area contributed by atoms with Crippen molar-refractivity contribution in [3.63, 3.8) is 0 Å². The standard InChI is InChI=1S/C17H25N3O/c1-14(2)15-3-5-16(6-4-15)18-17(21)13-20-10-7-19(8-11-20)9-12-20/h3-6,14H,7-13H2,1-2H3/p+1. The summed E-state index contributed by atoms with van der Waals surface area (Å²) >= 11 is 0. The number of quaternary nitrogens is 1. The molecule has 4 nitrogen and oxygen atoms in total. The number of amides is 1. The smallest absolute Gasteiger partial charge is 0.279 e. The second-order valence-corrected chi connectivity index (χ2v) is 6.84. The van der Waals surface area contributed by atoms with Crippen LogP contribution in [0.5, 0.6) is 0 Å². The number of rotatable bonds is 4. The maximum absolute atomic E-state index is 12.3. The molecule has 1 aromatic carbocycles. The van der Waals surface area contributed by atoms with Crippen molar-refractivity contribution in [2.75, 3.05) is 51.1 Å². The SMILES string of the molecule is CC(C)c1ccc(NC(=O)C[N+]23CCN(CC2)CC3)cc1. The van der Waals surface area contributed by atoms with Crippen LogP contribution in [0.3, 0.4) is 0 Å². The minimum absolute atomic E-state index is 0.155. The number of hydrogen-bond donors (Lipinski definition) is 1. The predicted octanol–water partition coefficient (Wildman–Crippen LogP) is 1.89. The first-order valence-electron chi connectivity index (χ1n) is 8.04. The summed E-state index contributed by atoms with van der Waals surface area (Å²) in [5.74, 6) is 0.681. The van der Waals surface area contributed by atoms with Crippen LogP contribution in [-0.2, 0) is 4.79 Å². The summed E-state index contributed by atoms with van der Waals surface area (Å²) in [7, 11) is 0. The Balaban J connectivity index is 1.58. The van der Waals surface area contributed by atoms with E-state index in [9.17, 15) is 4.79 Å². The van der Waals surface area contributed by atoms with E-state index in [0.29, 0.717) is 12.5 Å². The lowest BCUT2D eigenvalue weighted by molar-refractivity contribution is -0.933. The van der Waals surface area contributed by atoms with Gasteiger partial charge in [-0.25, -0.2) is 0 Å². The number of nitrogens with zero attached hydrogens (tertiary/aromatic N) is 2. The largest absolute Gasteiger partial charge is 0.321 e. The topological polar surface area (TPSA) is 32.3 Å². The van der Waals surface area contributed by atoms with Crippen LogP contribution in [0.25, 0.3) is 0 Å². The van der Waals surface area contributed by atoms with Gasteiger partial charge in [0.15, 0.2) is 6.54 Å². The lowest BCUT2D eigenvalue weighted by atomic mass is 10.0. The number of piperazine rings is 3. The van der Waals surface area contributed by atoms with Crippen LogP contribution in [0.1, 0.15) is 25.3 Å². The Hall–Kier alpha value is -1.39. The van der Waals surface area contributed by atoms with Crippen molar-refractivity contribution in [3.8, 4) is 0 Å². The Labute approximate surface area is 127 Å². The summed E-state index contributed by atoms with van der Waals surface area (Å²) < 4.78 is 0.979. The van der Waals surface area contributed by atoms with E-state index in [4.69, 9.17) is 0 Å². The van der Waals surface area contributed by atoms with E-state index in [2.05, 4.69) is 36.2 Å². The highest BCUT2D eigenvalue weighted by Crippen LogP contribution is 2.20. The molecule has 2 bridgehead atoms. The number of anilines is 1. The summed E-state index contributed by atoms with van der Waals surface area (Å²) in [5.41, 5.74) is 2.22. The highest BCUT2D eigenvalue weighted by Gasteiger charge is 2.39. The van der Waals surface area contributed by atoms with E-state index in [1.54, 1.807) is 0 Å². The van der Waals surface area contributed by atoms with Crippen molar-refractivity contribution in [2.45, 2.75) is 19.8 Å². The molecule has 0 aromatic heterocycles. The van der Waals surface area contributed by atoms with Crippen LogP contribution < -0.4 is 5.32 Å². The molecule has 0 radical (unpaired) electrons. The number of hydrogen-bond acceptors (Lipinski definition) is 2. The number of benzene rings is 1. The molecule has 3 aliphatic heterocycles. The summed E-state index contributed by atoms with van der Waals surface area (Å²) in [6, 6.07) is 8.24. The summed E-state index contributed by atoms with van der Waals surface area (Å²) in [5, 5.41) is 3.06. The first kappa shape index (κ1) is 14.5. The molecule has 0 spiro atoms. The zero-order chi connectivity index (χ0) is 14.9. The van der Waals surface area contributed by atoms with E-state index in [0.717, 1.165) is 49.4 Å². The molecule has 1 N–H and O–H groups in total. The van der Waals surface area contributed by atoms with E-state index in [1.807, 2.05) is 12.1 Å². The fourth-order valence-electron chi connectivity index (χ4n) is 3.43. The van der Waals surface area contributed by atoms with Gasteiger partial charge >= 0.3 is 0 Å². The Morgan fingerprint density at radius 1 is 1.14 bits per heavy atom. The molecule has 21 heavy (non-hydrogen) atoms. The first-order chi connectivity index (χ1) is 10.1. The minimum atomic E-state index is 0.155. The molecule has 3 fully saturated rings. The molecule has 4 rings (SSSR count). The lowest BCUT2D eigenvalue weighted by Gasteiger charge is -2.50. The molecule has 0 atom stereocenters. The van der Waals surface area contributed by atoms with Gasteiger partial charge in [0.05, 0.1) is 19.6 Å². The normalized spacial score (nSPS) is 27.9. The molecule has 0 aliphatic carbocycles. The number of carbonyl (C=O) groups excluding carboxylic acids is 1. The van der Waals surface area contributed by atoms with Crippen molar-refractivity contribution >= 4 is 11.6 Å². The molecule has 3 aliphatic rings. The van der Waals surface area contributed by atoms with Crippen LogP contribution in [0, 0.1) is 0 Å². The van der Waals surface area contributed by atoms with Crippen LogP contribution >= 0.6 is 0 Å². The maximum Gasteiger partial charge on any atom is 0.279 e. The molecule has 1 amide bonds. The van der Waals surface area contributed by atoms with Gasteiger partial charge < -0.3 is 9.80 Å². The number of carbonyl (C=O) groups is 1. The van der Waals surface area contributed by atoms with Gasteiger partial charge in [-0.15, -0.1) is 0 Å². The van der Waals surface area contributed by atoms with Gasteiger partial charge in [0.1, 0.15) is 0 Å². The van der Waals surface area contributed by atoms with Gasteiger partial charge in [0.2, 0.25) is 0 Å². The Morgan fingerprint density at radius 3 is 2.24 bits per heavy atom. The molecule has 114 valence electrons.